The first-order valence-corrected chi connectivity index (χ1v) is 6.90. The van der Waals surface area contributed by atoms with E-state index in [1.807, 2.05) is 0 Å². The molecular weight excluding hydrogens is 327 g/mol. The summed E-state index contributed by atoms with van der Waals surface area (Å²) in [4.78, 5) is 22.0. The van der Waals surface area contributed by atoms with Crippen LogP contribution in [0.1, 0.15) is 5.56 Å². The highest BCUT2D eigenvalue weighted by Crippen LogP contribution is 2.26. The number of nitro benzene ring substituents is 1. The van der Waals surface area contributed by atoms with Crippen molar-refractivity contribution in [2.75, 3.05) is 5.32 Å². The van der Waals surface area contributed by atoms with Crippen LogP contribution in [0.25, 0.3) is 6.08 Å². The van der Waals surface area contributed by atoms with Crippen molar-refractivity contribution in [1.82, 2.24) is 0 Å². The molecule has 112 valence electrons. The summed E-state index contributed by atoms with van der Waals surface area (Å²) in [5.41, 5.74) is 0.780. The van der Waals surface area contributed by atoms with Gasteiger partial charge in [0, 0.05) is 23.2 Å². The molecule has 0 radical (unpaired) electrons. The summed E-state index contributed by atoms with van der Waals surface area (Å²) in [5, 5.41) is 14.0. The molecule has 0 unspecified atom stereocenters. The molecule has 2 rings (SSSR count). The zero-order valence-electron chi connectivity index (χ0n) is 11.1. The third-order valence-electron chi connectivity index (χ3n) is 2.69. The maximum absolute atomic E-state index is 11.8. The minimum absolute atomic E-state index is 0.154. The number of non-ortho nitro benzene ring substituents is 1. The van der Waals surface area contributed by atoms with E-state index >= 15 is 0 Å². The van der Waals surface area contributed by atoms with Crippen LogP contribution >= 0.6 is 23.2 Å². The number of nitro groups is 1. The minimum atomic E-state index is -0.562. The van der Waals surface area contributed by atoms with Crippen LogP contribution in [0.3, 0.4) is 0 Å². The van der Waals surface area contributed by atoms with Gasteiger partial charge in [0.05, 0.1) is 15.6 Å². The van der Waals surface area contributed by atoms with Crippen molar-refractivity contribution in [2.45, 2.75) is 0 Å². The quantitative estimate of drug-likeness (QED) is 0.505. The first-order valence-electron chi connectivity index (χ1n) is 6.14. The number of nitrogens with one attached hydrogen (secondary N) is 1. The number of hydrogen-bond acceptors (Lipinski definition) is 3. The van der Waals surface area contributed by atoms with Crippen LogP contribution in [0, 0.1) is 10.1 Å². The summed E-state index contributed by atoms with van der Waals surface area (Å²) in [5.74, 6) is -0.456. The molecule has 7 heteroatoms. The van der Waals surface area contributed by atoms with Gasteiger partial charge in [-0.15, -0.1) is 0 Å². The molecule has 0 aliphatic carbocycles. The van der Waals surface area contributed by atoms with Gasteiger partial charge in [0.1, 0.15) is 0 Å². The molecule has 0 heterocycles. The topological polar surface area (TPSA) is 72.2 Å². The maximum atomic E-state index is 11.8. The molecule has 1 N–H and O–H groups in total. The van der Waals surface area contributed by atoms with Crippen LogP contribution in [0.5, 0.6) is 0 Å². The normalized spacial score (nSPS) is 10.6. The van der Waals surface area contributed by atoms with Crippen molar-refractivity contribution >= 4 is 46.6 Å². The molecule has 1 amide bonds. The molecule has 0 aliphatic rings. The lowest BCUT2D eigenvalue weighted by Crippen LogP contribution is -2.08. The summed E-state index contributed by atoms with van der Waals surface area (Å²) >= 11 is 11.7. The van der Waals surface area contributed by atoms with Gasteiger partial charge in [0.25, 0.3) is 5.69 Å². The Labute approximate surface area is 136 Å². The second-order valence-corrected chi connectivity index (χ2v) is 5.14. The lowest BCUT2D eigenvalue weighted by atomic mass is 10.2. The van der Waals surface area contributed by atoms with Gasteiger partial charge in [0.15, 0.2) is 0 Å². The fraction of sp³-hybridized carbons (Fsp3) is 0. The van der Waals surface area contributed by atoms with Crippen molar-refractivity contribution in [3.05, 3.63) is 74.3 Å². The fourth-order valence-electron chi connectivity index (χ4n) is 1.68. The zero-order valence-corrected chi connectivity index (χ0v) is 12.6. The summed E-state index contributed by atoms with van der Waals surface area (Å²) < 4.78 is 0. The zero-order chi connectivity index (χ0) is 16.1. The summed E-state index contributed by atoms with van der Waals surface area (Å²) in [7, 11) is 0. The van der Waals surface area contributed by atoms with Gasteiger partial charge in [0.2, 0.25) is 5.91 Å². The Balaban J connectivity index is 2.12. The van der Waals surface area contributed by atoms with Gasteiger partial charge in [-0.1, -0.05) is 35.3 Å². The second-order valence-electron chi connectivity index (χ2n) is 4.30. The van der Waals surface area contributed by atoms with E-state index in [1.165, 1.54) is 24.3 Å². The van der Waals surface area contributed by atoms with Crippen LogP contribution < -0.4 is 5.32 Å². The molecule has 0 fully saturated rings. The molecule has 0 saturated carbocycles. The van der Waals surface area contributed by atoms with Crippen LogP contribution in [0.15, 0.2) is 48.5 Å². The number of carbonyl (C=O) groups is 1. The molecule has 0 spiro atoms. The van der Waals surface area contributed by atoms with Crippen molar-refractivity contribution in [3.8, 4) is 0 Å². The molecule has 0 aromatic heterocycles. The maximum Gasteiger partial charge on any atom is 0.271 e. The van der Waals surface area contributed by atoms with E-state index in [1.54, 1.807) is 30.3 Å². The van der Waals surface area contributed by atoms with Crippen LogP contribution in [-0.2, 0) is 4.79 Å². The van der Waals surface area contributed by atoms with Gasteiger partial charge in [-0.05, 0) is 29.8 Å². The average Bonchev–Trinajstić information content (AvgIpc) is 2.47. The Morgan fingerprint density at radius 1 is 1.18 bits per heavy atom. The van der Waals surface area contributed by atoms with E-state index in [0.29, 0.717) is 5.02 Å². The number of anilines is 1. The number of amides is 1. The summed E-state index contributed by atoms with van der Waals surface area (Å²) in [6.45, 7) is 0. The Kier molecular flexibility index (Phi) is 5.14. The third-order valence-corrected chi connectivity index (χ3v) is 3.26. The monoisotopic (exact) mass is 336 g/mol. The average molecular weight is 337 g/mol. The Morgan fingerprint density at radius 2 is 1.95 bits per heavy atom. The van der Waals surface area contributed by atoms with Crippen LogP contribution in [0.4, 0.5) is 11.4 Å². The first kappa shape index (κ1) is 16.0. The molecule has 22 heavy (non-hydrogen) atoms. The molecule has 2 aromatic carbocycles. The number of halogens is 2. The van der Waals surface area contributed by atoms with Gasteiger partial charge in [-0.3, -0.25) is 14.9 Å². The minimum Gasteiger partial charge on any atom is -0.321 e. The highest BCUT2D eigenvalue weighted by molar-refractivity contribution is 6.34. The van der Waals surface area contributed by atoms with Gasteiger partial charge in [-0.25, -0.2) is 0 Å². The molecular formula is C15H10Cl2N2O3. The first-order chi connectivity index (χ1) is 10.5. The van der Waals surface area contributed by atoms with Crippen LogP contribution in [-0.4, -0.2) is 10.8 Å². The largest absolute Gasteiger partial charge is 0.321 e. The number of benzene rings is 2. The lowest BCUT2D eigenvalue weighted by Gasteiger charge is -2.04. The van der Waals surface area contributed by atoms with E-state index in [2.05, 4.69) is 5.32 Å². The molecule has 2 aromatic rings. The smallest absolute Gasteiger partial charge is 0.271 e. The predicted molar refractivity (Wildman–Crippen MR) is 87.2 cm³/mol. The van der Waals surface area contributed by atoms with Crippen molar-refractivity contribution in [2.24, 2.45) is 0 Å². The molecule has 0 atom stereocenters. The number of hydrogen-bond donors (Lipinski definition) is 1. The van der Waals surface area contributed by atoms with Gasteiger partial charge < -0.3 is 5.32 Å². The predicted octanol–water partition coefficient (Wildman–Crippen LogP) is 4.55. The number of rotatable bonds is 4. The fourth-order valence-corrected chi connectivity index (χ4v) is 2.04. The molecule has 0 aliphatic heterocycles. The Morgan fingerprint density at radius 3 is 2.64 bits per heavy atom. The standard InChI is InChI=1S/C15H10Cl2N2O3/c16-11-3-1-2-10(8-11)4-7-15(20)18-14-9-12(19(21)22)5-6-13(14)17/h1-9H,(H,18,20). The summed E-state index contributed by atoms with van der Waals surface area (Å²) in [6, 6.07) is 10.8. The van der Waals surface area contributed by atoms with E-state index < -0.39 is 10.8 Å². The van der Waals surface area contributed by atoms with E-state index in [9.17, 15) is 14.9 Å². The van der Waals surface area contributed by atoms with Crippen LogP contribution in [0.2, 0.25) is 10.0 Å². The highest BCUT2D eigenvalue weighted by Gasteiger charge is 2.10. The van der Waals surface area contributed by atoms with Crippen molar-refractivity contribution < 1.29 is 9.72 Å². The third kappa shape index (κ3) is 4.31. The number of nitrogens with zero attached hydrogens (tertiary/aromatic N) is 1. The molecule has 0 bridgehead atoms. The Hall–Kier alpha value is -2.37. The SMILES string of the molecule is O=C(C=Cc1cccc(Cl)c1)Nc1cc([N+](=O)[O-])ccc1Cl. The van der Waals surface area contributed by atoms with Gasteiger partial charge >= 0.3 is 0 Å². The van der Waals surface area contributed by atoms with Gasteiger partial charge in [-0.2, -0.15) is 0 Å². The van der Waals surface area contributed by atoms with E-state index in [-0.39, 0.29) is 16.4 Å². The van der Waals surface area contributed by atoms with Crippen molar-refractivity contribution in [3.63, 3.8) is 0 Å². The lowest BCUT2D eigenvalue weighted by molar-refractivity contribution is -0.384. The van der Waals surface area contributed by atoms with E-state index in [0.717, 1.165) is 5.56 Å². The van der Waals surface area contributed by atoms with E-state index in [4.69, 9.17) is 23.2 Å². The Bertz CT molecular complexity index is 760. The highest BCUT2D eigenvalue weighted by atomic mass is 35.5. The molecule has 0 saturated heterocycles. The second kappa shape index (κ2) is 7.06. The molecule has 5 nitrogen and oxygen atoms in total. The van der Waals surface area contributed by atoms with Crippen molar-refractivity contribution in [1.29, 1.82) is 0 Å². The number of carbonyl (C=O) groups excluding carboxylic acids is 1. The summed E-state index contributed by atoms with van der Waals surface area (Å²) in [6.07, 6.45) is 2.87.